The third kappa shape index (κ3) is 7.88. The fourth-order valence-corrected chi connectivity index (χ4v) is 3.86. The molecule has 4 aromatic rings. The van der Waals surface area contributed by atoms with Crippen LogP contribution in [0.25, 0.3) is 12.2 Å². The van der Waals surface area contributed by atoms with Crippen molar-refractivity contribution in [1.82, 2.24) is 0 Å². The number of hydrogen-bond donors (Lipinski definition) is 0. The van der Waals surface area contributed by atoms with E-state index in [1.54, 1.807) is 48.2 Å². The van der Waals surface area contributed by atoms with Crippen LogP contribution in [0.5, 0.6) is 11.5 Å². The van der Waals surface area contributed by atoms with Crippen molar-refractivity contribution in [2.24, 2.45) is 0 Å². The van der Waals surface area contributed by atoms with E-state index in [1.165, 1.54) is 12.2 Å². The number of rotatable bonds is 8. The van der Waals surface area contributed by atoms with E-state index < -0.39 is 11.9 Å². The standard InChI is InChI=1S/C30H22O4S/c31-29(21-11-23-7-3-1-4-8-23)33-25-13-17-27(18-14-25)35-28-19-15-26(16-20-28)34-30(32)22-12-24-9-5-2-6-10-24/h1-22H/b21-11-,22-12-. The van der Waals surface area contributed by atoms with Gasteiger partial charge in [0.2, 0.25) is 0 Å². The molecule has 0 aliphatic rings. The zero-order chi connectivity index (χ0) is 24.3. The summed E-state index contributed by atoms with van der Waals surface area (Å²) in [4.78, 5) is 26.0. The highest BCUT2D eigenvalue weighted by Crippen LogP contribution is 2.30. The van der Waals surface area contributed by atoms with Crippen LogP contribution < -0.4 is 9.47 Å². The van der Waals surface area contributed by atoms with Gasteiger partial charge in [0, 0.05) is 21.9 Å². The van der Waals surface area contributed by atoms with Gasteiger partial charge in [0.15, 0.2) is 0 Å². The van der Waals surface area contributed by atoms with Gasteiger partial charge in [-0.3, -0.25) is 0 Å². The molecule has 0 unspecified atom stereocenters. The quantitative estimate of drug-likeness (QED) is 0.154. The molecule has 5 heteroatoms. The predicted molar refractivity (Wildman–Crippen MR) is 139 cm³/mol. The Bertz CT molecular complexity index is 1210. The highest BCUT2D eigenvalue weighted by atomic mass is 32.2. The van der Waals surface area contributed by atoms with Crippen molar-refractivity contribution in [2.45, 2.75) is 9.79 Å². The van der Waals surface area contributed by atoms with Crippen molar-refractivity contribution < 1.29 is 19.1 Å². The summed E-state index contributed by atoms with van der Waals surface area (Å²) in [5, 5.41) is 0. The Balaban J connectivity index is 1.27. The molecule has 172 valence electrons. The largest absolute Gasteiger partial charge is 0.423 e. The maximum absolute atomic E-state index is 12.0. The predicted octanol–water partition coefficient (Wildman–Crippen LogP) is 7.08. The molecule has 0 bridgehead atoms. The van der Waals surface area contributed by atoms with E-state index in [9.17, 15) is 9.59 Å². The maximum Gasteiger partial charge on any atom is 0.336 e. The molecule has 4 rings (SSSR count). The third-order valence-electron chi connectivity index (χ3n) is 4.74. The molecule has 4 aromatic carbocycles. The number of benzene rings is 4. The Kier molecular flexibility index (Phi) is 8.30. The van der Waals surface area contributed by atoms with Crippen LogP contribution in [0.2, 0.25) is 0 Å². The topological polar surface area (TPSA) is 52.6 Å². The van der Waals surface area contributed by atoms with Crippen LogP contribution in [0.15, 0.2) is 131 Å². The monoisotopic (exact) mass is 478 g/mol. The first kappa shape index (κ1) is 23.8. The lowest BCUT2D eigenvalue weighted by Gasteiger charge is -2.06. The average Bonchev–Trinajstić information content (AvgIpc) is 2.90. The molecule has 0 heterocycles. The Morgan fingerprint density at radius 1 is 0.514 bits per heavy atom. The lowest BCUT2D eigenvalue weighted by atomic mass is 10.2. The number of carbonyl (C=O) groups excluding carboxylic acids is 2. The van der Waals surface area contributed by atoms with Crippen LogP contribution >= 0.6 is 11.8 Å². The van der Waals surface area contributed by atoms with Crippen molar-refractivity contribution >= 4 is 35.9 Å². The molecule has 4 nitrogen and oxygen atoms in total. The molecule has 0 saturated heterocycles. The summed E-state index contributed by atoms with van der Waals surface area (Å²) in [6, 6.07) is 33.7. The summed E-state index contributed by atoms with van der Waals surface area (Å²) in [6.45, 7) is 0. The summed E-state index contributed by atoms with van der Waals surface area (Å²) in [5.74, 6) is 0.0850. The van der Waals surface area contributed by atoms with Gasteiger partial charge in [-0.25, -0.2) is 9.59 Å². The van der Waals surface area contributed by atoms with Gasteiger partial charge in [-0.05, 0) is 71.8 Å². The van der Waals surface area contributed by atoms with E-state index >= 15 is 0 Å². The highest BCUT2D eigenvalue weighted by Gasteiger charge is 2.04. The Morgan fingerprint density at radius 2 is 0.886 bits per heavy atom. The van der Waals surface area contributed by atoms with Gasteiger partial charge in [0.1, 0.15) is 11.5 Å². The summed E-state index contributed by atoms with van der Waals surface area (Å²) < 4.78 is 10.7. The van der Waals surface area contributed by atoms with Gasteiger partial charge in [-0.1, -0.05) is 72.4 Å². The van der Waals surface area contributed by atoms with Crippen LogP contribution in [0.1, 0.15) is 11.1 Å². The molecule has 0 atom stereocenters. The van der Waals surface area contributed by atoms with Gasteiger partial charge in [0.25, 0.3) is 0 Å². The van der Waals surface area contributed by atoms with E-state index in [1.807, 2.05) is 84.9 Å². The first-order chi connectivity index (χ1) is 17.1. The second kappa shape index (κ2) is 12.2. The molecule has 0 radical (unpaired) electrons. The van der Waals surface area contributed by atoms with Crippen molar-refractivity contribution in [3.05, 3.63) is 132 Å². The normalized spacial score (nSPS) is 11.0. The Hall–Kier alpha value is -4.35. The lowest BCUT2D eigenvalue weighted by molar-refractivity contribution is -0.129. The van der Waals surface area contributed by atoms with Crippen LogP contribution in [0, 0.1) is 0 Å². The van der Waals surface area contributed by atoms with Crippen LogP contribution in [-0.4, -0.2) is 11.9 Å². The minimum atomic E-state index is -0.432. The second-order valence-electron chi connectivity index (χ2n) is 7.38. The number of esters is 2. The molecule has 0 amide bonds. The first-order valence-corrected chi connectivity index (χ1v) is 11.7. The molecular weight excluding hydrogens is 456 g/mol. The summed E-state index contributed by atoms with van der Waals surface area (Å²) in [5.41, 5.74) is 1.86. The molecular formula is C30H22O4S. The highest BCUT2D eigenvalue weighted by molar-refractivity contribution is 7.99. The smallest absolute Gasteiger partial charge is 0.336 e. The van der Waals surface area contributed by atoms with E-state index in [4.69, 9.17) is 9.47 Å². The molecule has 0 aliphatic carbocycles. The van der Waals surface area contributed by atoms with Gasteiger partial charge in [0.05, 0.1) is 0 Å². The Morgan fingerprint density at radius 3 is 1.26 bits per heavy atom. The van der Waals surface area contributed by atoms with Crippen molar-refractivity contribution in [3.8, 4) is 11.5 Å². The van der Waals surface area contributed by atoms with Crippen LogP contribution in [-0.2, 0) is 9.59 Å². The summed E-state index contributed by atoms with van der Waals surface area (Å²) >= 11 is 1.55. The molecule has 0 aromatic heterocycles. The number of carbonyl (C=O) groups is 2. The van der Waals surface area contributed by atoms with E-state index in [0.717, 1.165) is 20.9 Å². The van der Waals surface area contributed by atoms with Crippen molar-refractivity contribution in [3.63, 3.8) is 0 Å². The summed E-state index contributed by atoms with van der Waals surface area (Å²) in [7, 11) is 0. The second-order valence-corrected chi connectivity index (χ2v) is 8.52. The van der Waals surface area contributed by atoms with E-state index in [2.05, 4.69) is 0 Å². The van der Waals surface area contributed by atoms with Crippen molar-refractivity contribution in [2.75, 3.05) is 0 Å². The SMILES string of the molecule is O=C(/C=C\c1ccccc1)Oc1ccc(Sc2ccc(OC(=O)/C=C\c3ccccc3)cc2)cc1. The number of ether oxygens (including phenoxy) is 2. The Labute approximate surface area is 208 Å². The molecule has 35 heavy (non-hydrogen) atoms. The van der Waals surface area contributed by atoms with Gasteiger partial charge >= 0.3 is 11.9 Å². The zero-order valence-corrected chi connectivity index (χ0v) is 19.6. The van der Waals surface area contributed by atoms with Gasteiger partial charge in [-0.2, -0.15) is 0 Å². The maximum atomic E-state index is 12.0. The van der Waals surface area contributed by atoms with Crippen LogP contribution in [0.3, 0.4) is 0 Å². The first-order valence-electron chi connectivity index (χ1n) is 10.9. The lowest BCUT2D eigenvalue weighted by Crippen LogP contribution is -2.03. The van der Waals surface area contributed by atoms with Crippen LogP contribution in [0.4, 0.5) is 0 Å². The molecule has 0 fully saturated rings. The fraction of sp³-hybridized carbons (Fsp3) is 0. The average molecular weight is 479 g/mol. The fourth-order valence-electron chi connectivity index (χ4n) is 3.04. The molecule has 0 aliphatic heterocycles. The molecule has 0 spiro atoms. The zero-order valence-electron chi connectivity index (χ0n) is 18.7. The third-order valence-corrected chi connectivity index (χ3v) is 5.76. The van der Waals surface area contributed by atoms with E-state index in [0.29, 0.717) is 11.5 Å². The number of hydrogen-bond acceptors (Lipinski definition) is 5. The summed E-state index contributed by atoms with van der Waals surface area (Å²) in [6.07, 6.45) is 6.24. The van der Waals surface area contributed by atoms with Gasteiger partial charge < -0.3 is 9.47 Å². The minimum absolute atomic E-state index is 0.432. The minimum Gasteiger partial charge on any atom is -0.423 e. The molecule has 0 saturated carbocycles. The molecule has 0 N–H and O–H groups in total. The van der Waals surface area contributed by atoms with E-state index in [-0.39, 0.29) is 0 Å². The van der Waals surface area contributed by atoms with Gasteiger partial charge in [-0.15, -0.1) is 0 Å². The van der Waals surface area contributed by atoms with Crippen molar-refractivity contribution in [1.29, 1.82) is 0 Å².